The highest BCUT2D eigenvalue weighted by molar-refractivity contribution is 6.35. The van der Waals surface area contributed by atoms with Crippen molar-refractivity contribution in [1.82, 2.24) is 10.6 Å². The van der Waals surface area contributed by atoms with Crippen molar-refractivity contribution in [3.8, 4) is 0 Å². The summed E-state index contributed by atoms with van der Waals surface area (Å²) in [6, 6.07) is 10.4. The van der Waals surface area contributed by atoms with Gasteiger partial charge in [0.1, 0.15) is 0 Å². The fourth-order valence-electron chi connectivity index (χ4n) is 2.91. The Hall–Kier alpha value is -2.08. The van der Waals surface area contributed by atoms with Crippen LogP contribution in [0.3, 0.4) is 0 Å². The van der Waals surface area contributed by atoms with E-state index >= 15 is 0 Å². The zero-order valence-electron chi connectivity index (χ0n) is 16.4. The maximum absolute atomic E-state index is 12.3. The molecule has 2 amide bonds. The van der Waals surface area contributed by atoms with Gasteiger partial charge in [-0.15, -0.1) is 0 Å². The van der Waals surface area contributed by atoms with E-state index in [2.05, 4.69) is 16.0 Å². The van der Waals surface area contributed by atoms with Crippen molar-refractivity contribution in [1.29, 1.82) is 0 Å². The highest BCUT2D eigenvalue weighted by atomic mass is 35.5. The number of para-hydroxylation sites is 1. The first-order chi connectivity index (χ1) is 13.2. The summed E-state index contributed by atoms with van der Waals surface area (Å²) in [5, 5.41) is 9.77. The van der Waals surface area contributed by atoms with Gasteiger partial charge in [0.2, 0.25) is 11.8 Å². The molecular formula is C21H25Cl2N3O2. The second-order valence-electron chi connectivity index (χ2n) is 6.81. The molecule has 3 N–H and O–H groups in total. The Morgan fingerprint density at radius 3 is 2.29 bits per heavy atom. The lowest BCUT2D eigenvalue weighted by Gasteiger charge is -2.21. The Kier molecular flexibility index (Phi) is 7.87. The van der Waals surface area contributed by atoms with Crippen molar-refractivity contribution < 1.29 is 9.59 Å². The average Bonchev–Trinajstić information content (AvgIpc) is 2.62. The summed E-state index contributed by atoms with van der Waals surface area (Å²) in [5.74, 6) is -0.541. The SMILES string of the molecule is Cc1cccc(C)c1NC(=O)CNC(=O)[C@H](C)N[C@H](C)c1ccc(Cl)cc1Cl. The summed E-state index contributed by atoms with van der Waals surface area (Å²) in [4.78, 5) is 24.5. The summed E-state index contributed by atoms with van der Waals surface area (Å²) in [7, 11) is 0. The Bertz CT molecular complexity index is 850. The molecular weight excluding hydrogens is 397 g/mol. The van der Waals surface area contributed by atoms with Crippen molar-refractivity contribution >= 4 is 40.7 Å². The van der Waals surface area contributed by atoms with E-state index in [4.69, 9.17) is 23.2 Å². The third-order valence-electron chi connectivity index (χ3n) is 4.49. The molecule has 0 aliphatic carbocycles. The number of rotatable bonds is 7. The van der Waals surface area contributed by atoms with Gasteiger partial charge in [0.05, 0.1) is 12.6 Å². The van der Waals surface area contributed by atoms with Crippen molar-refractivity contribution in [3.05, 3.63) is 63.1 Å². The third-order valence-corrected chi connectivity index (χ3v) is 5.05. The molecule has 5 nitrogen and oxygen atoms in total. The first-order valence-electron chi connectivity index (χ1n) is 9.03. The maximum atomic E-state index is 12.3. The highest BCUT2D eigenvalue weighted by Gasteiger charge is 2.18. The van der Waals surface area contributed by atoms with Gasteiger partial charge in [-0.2, -0.15) is 0 Å². The van der Waals surface area contributed by atoms with Gasteiger partial charge < -0.3 is 10.6 Å². The molecule has 2 atom stereocenters. The van der Waals surface area contributed by atoms with Gasteiger partial charge in [-0.1, -0.05) is 47.5 Å². The minimum absolute atomic E-state index is 0.102. The Morgan fingerprint density at radius 2 is 1.68 bits per heavy atom. The van der Waals surface area contributed by atoms with Crippen LogP contribution in [0.2, 0.25) is 10.0 Å². The second kappa shape index (κ2) is 9.92. The van der Waals surface area contributed by atoms with Crippen LogP contribution in [-0.4, -0.2) is 24.4 Å². The number of carbonyl (C=O) groups is 2. The quantitative estimate of drug-likeness (QED) is 0.619. The molecule has 2 aromatic carbocycles. The van der Waals surface area contributed by atoms with Crippen molar-refractivity contribution in [2.45, 2.75) is 39.8 Å². The zero-order valence-corrected chi connectivity index (χ0v) is 17.9. The van der Waals surface area contributed by atoms with Gasteiger partial charge in [-0.25, -0.2) is 0 Å². The number of aryl methyl sites for hydroxylation is 2. The van der Waals surface area contributed by atoms with Crippen LogP contribution in [-0.2, 0) is 9.59 Å². The Labute approximate surface area is 175 Å². The molecule has 2 rings (SSSR count). The van der Waals surface area contributed by atoms with Gasteiger partial charge in [-0.3, -0.25) is 14.9 Å². The van der Waals surface area contributed by atoms with E-state index in [0.717, 1.165) is 22.4 Å². The number of halogens is 2. The molecule has 0 heterocycles. The molecule has 0 aliphatic rings. The predicted octanol–water partition coefficient (Wildman–Crippen LogP) is 4.40. The summed E-state index contributed by atoms with van der Waals surface area (Å²) < 4.78 is 0. The molecule has 0 spiro atoms. The van der Waals surface area contributed by atoms with E-state index in [1.54, 1.807) is 19.1 Å². The number of amides is 2. The molecule has 0 saturated heterocycles. The van der Waals surface area contributed by atoms with E-state index in [1.165, 1.54) is 0 Å². The van der Waals surface area contributed by atoms with Gasteiger partial charge >= 0.3 is 0 Å². The normalized spacial score (nSPS) is 12.9. The topological polar surface area (TPSA) is 70.2 Å². The fraction of sp³-hybridized carbons (Fsp3) is 0.333. The molecule has 7 heteroatoms. The number of hydrogen-bond donors (Lipinski definition) is 3. The van der Waals surface area contributed by atoms with Crippen molar-refractivity contribution in [3.63, 3.8) is 0 Å². The monoisotopic (exact) mass is 421 g/mol. The largest absolute Gasteiger partial charge is 0.346 e. The average molecular weight is 422 g/mol. The first kappa shape index (κ1) is 22.2. The maximum Gasteiger partial charge on any atom is 0.243 e. The lowest BCUT2D eigenvalue weighted by molar-refractivity contribution is -0.125. The van der Waals surface area contributed by atoms with Crippen LogP contribution < -0.4 is 16.0 Å². The molecule has 0 saturated carbocycles. The molecule has 0 aromatic heterocycles. The highest BCUT2D eigenvalue weighted by Crippen LogP contribution is 2.26. The van der Waals surface area contributed by atoms with E-state index in [9.17, 15) is 9.59 Å². The van der Waals surface area contributed by atoms with Crippen LogP contribution in [0.15, 0.2) is 36.4 Å². The molecule has 28 heavy (non-hydrogen) atoms. The smallest absolute Gasteiger partial charge is 0.243 e. The minimum atomic E-state index is -0.505. The van der Waals surface area contributed by atoms with Crippen molar-refractivity contribution in [2.75, 3.05) is 11.9 Å². The molecule has 0 unspecified atom stereocenters. The van der Waals surface area contributed by atoms with Crippen LogP contribution in [0.4, 0.5) is 5.69 Å². The van der Waals surface area contributed by atoms with E-state index in [1.807, 2.05) is 45.0 Å². The van der Waals surface area contributed by atoms with Crippen LogP contribution in [0.5, 0.6) is 0 Å². The minimum Gasteiger partial charge on any atom is -0.346 e. The van der Waals surface area contributed by atoms with Crippen LogP contribution in [0, 0.1) is 13.8 Å². The summed E-state index contributed by atoms with van der Waals surface area (Å²) in [6.07, 6.45) is 0. The number of nitrogens with one attached hydrogen (secondary N) is 3. The molecule has 0 radical (unpaired) electrons. The molecule has 150 valence electrons. The van der Waals surface area contributed by atoms with E-state index in [-0.39, 0.29) is 24.4 Å². The summed E-state index contributed by atoms with van der Waals surface area (Å²) in [6.45, 7) is 7.40. The standard InChI is InChI=1S/C21H25Cl2N3O2/c1-12-6-5-7-13(2)20(12)26-19(27)11-24-21(28)15(4)25-14(3)17-9-8-16(22)10-18(17)23/h5-10,14-15,25H,11H2,1-4H3,(H,24,28)(H,26,27)/t14-,15+/m1/s1. The first-order valence-corrected chi connectivity index (χ1v) is 9.79. The van der Waals surface area contributed by atoms with Gasteiger partial charge in [-0.05, 0) is 56.5 Å². The summed E-state index contributed by atoms with van der Waals surface area (Å²) in [5.41, 5.74) is 3.57. The summed E-state index contributed by atoms with van der Waals surface area (Å²) >= 11 is 12.1. The second-order valence-corrected chi connectivity index (χ2v) is 7.65. The van der Waals surface area contributed by atoms with Crippen LogP contribution in [0.25, 0.3) is 0 Å². The number of carbonyl (C=O) groups excluding carboxylic acids is 2. The van der Waals surface area contributed by atoms with Crippen molar-refractivity contribution in [2.24, 2.45) is 0 Å². The number of benzene rings is 2. The van der Waals surface area contributed by atoms with Gasteiger partial charge in [0, 0.05) is 21.8 Å². The molecule has 0 bridgehead atoms. The molecule has 2 aromatic rings. The van der Waals surface area contributed by atoms with Crippen LogP contribution in [0.1, 0.15) is 36.6 Å². The zero-order chi connectivity index (χ0) is 20.8. The van der Waals surface area contributed by atoms with E-state index in [0.29, 0.717) is 10.0 Å². The molecule has 0 fully saturated rings. The van der Waals surface area contributed by atoms with Gasteiger partial charge in [0.15, 0.2) is 0 Å². The van der Waals surface area contributed by atoms with Gasteiger partial charge in [0.25, 0.3) is 0 Å². The lowest BCUT2D eigenvalue weighted by atomic mass is 10.1. The predicted molar refractivity (Wildman–Crippen MR) is 115 cm³/mol. The van der Waals surface area contributed by atoms with Crippen LogP contribution >= 0.6 is 23.2 Å². The molecule has 0 aliphatic heterocycles. The Balaban J connectivity index is 1.87. The van der Waals surface area contributed by atoms with E-state index < -0.39 is 6.04 Å². The lowest BCUT2D eigenvalue weighted by Crippen LogP contribution is -2.45. The number of hydrogen-bond acceptors (Lipinski definition) is 3. The fourth-order valence-corrected chi connectivity index (χ4v) is 3.48. The Morgan fingerprint density at radius 1 is 1.04 bits per heavy atom. The number of anilines is 1. The third kappa shape index (κ3) is 5.96.